The van der Waals surface area contributed by atoms with Gasteiger partial charge in [0.2, 0.25) is 0 Å². The van der Waals surface area contributed by atoms with E-state index in [-0.39, 0.29) is 18.0 Å². The first-order valence-corrected chi connectivity index (χ1v) is 5.21. The second-order valence-corrected chi connectivity index (χ2v) is 3.41. The number of hydrogen-bond acceptors (Lipinski definition) is 4. The van der Waals surface area contributed by atoms with Gasteiger partial charge in [0.1, 0.15) is 12.2 Å². The number of nitrogens with zero attached hydrogens (tertiary/aromatic N) is 1. The van der Waals surface area contributed by atoms with Crippen LogP contribution in [0.25, 0.3) is 0 Å². The normalized spacial score (nSPS) is 9.29. The van der Waals surface area contributed by atoms with Gasteiger partial charge >= 0.3 is 5.97 Å². The van der Waals surface area contributed by atoms with Gasteiger partial charge in [0.05, 0.1) is 0 Å². The van der Waals surface area contributed by atoms with Crippen LogP contribution in [0.3, 0.4) is 0 Å². The summed E-state index contributed by atoms with van der Waals surface area (Å²) in [5.41, 5.74) is 0. The molecule has 0 atom stereocenters. The lowest BCUT2D eigenvalue weighted by atomic mass is 10.3. The maximum absolute atomic E-state index is 11.7. The molecule has 17 heavy (non-hydrogen) atoms. The minimum atomic E-state index is -0.773. The van der Waals surface area contributed by atoms with Crippen molar-refractivity contribution in [2.75, 3.05) is 13.1 Å². The lowest BCUT2D eigenvalue weighted by Gasteiger charge is -2.19. The molecule has 0 spiro atoms. The van der Waals surface area contributed by atoms with Gasteiger partial charge < -0.3 is 9.64 Å². The fraction of sp³-hybridized carbons (Fsp3) is 0.417. The number of esters is 1. The monoisotopic (exact) mass is 239 g/mol. The second-order valence-electron chi connectivity index (χ2n) is 3.41. The Bertz CT molecular complexity index is 346. The minimum absolute atomic E-state index is 0.278. The van der Waals surface area contributed by atoms with Crippen LogP contribution in [0.5, 0.6) is 0 Å². The Morgan fingerprint density at radius 1 is 1.35 bits per heavy atom. The minimum Gasteiger partial charge on any atom is -0.421 e. The van der Waals surface area contributed by atoms with E-state index in [4.69, 9.17) is 0 Å². The molecule has 0 fully saturated rings. The van der Waals surface area contributed by atoms with Crippen LogP contribution in [0.15, 0.2) is 25.0 Å². The molecule has 0 unspecified atom stereocenters. The molecule has 0 radical (unpaired) electrons. The number of rotatable bonds is 7. The van der Waals surface area contributed by atoms with Gasteiger partial charge in [-0.2, -0.15) is 0 Å². The predicted molar refractivity (Wildman–Crippen MR) is 63.0 cm³/mol. The van der Waals surface area contributed by atoms with Crippen LogP contribution in [0.4, 0.5) is 0 Å². The molecule has 0 aliphatic carbocycles. The fourth-order valence-corrected chi connectivity index (χ4v) is 1.11. The van der Waals surface area contributed by atoms with E-state index >= 15 is 0 Å². The number of amides is 1. The third-order valence-corrected chi connectivity index (χ3v) is 1.89. The molecule has 0 N–H and O–H groups in total. The number of carbonyl (C=O) groups is 3. The van der Waals surface area contributed by atoms with Crippen LogP contribution in [0, 0.1) is 0 Å². The summed E-state index contributed by atoms with van der Waals surface area (Å²) in [5, 5.41) is 0. The van der Waals surface area contributed by atoms with E-state index in [1.807, 2.05) is 0 Å². The molecule has 0 heterocycles. The molecule has 0 aromatic heterocycles. The highest BCUT2D eigenvalue weighted by Gasteiger charge is 2.18. The van der Waals surface area contributed by atoms with Crippen molar-refractivity contribution in [3.05, 3.63) is 25.0 Å². The van der Waals surface area contributed by atoms with Gasteiger partial charge in [-0.05, 0) is 13.8 Å². The maximum Gasteiger partial charge on any atom is 0.318 e. The van der Waals surface area contributed by atoms with E-state index in [1.165, 1.54) is 11.8 Å². The summed E-state index contributed by atoms with van der Waals surface area (Å²) < 4.78 is 4.67. The molecule has 1 amide bonds. The zero-order chi connectivity index (χ0) is 13.4. The largest absolute Gasteiger partial charge is 0.421 e. The summed E-state index contributed by atoms with van der Waals surface area (Å²) in [7, 11) is 0. The standard InChI is InChI=1S/C12H17NO4/c1-5-7-13(6-2)12(16)10(4)17-11(15)8-9(3)14/h5H,1,4,6-8H2,2-3H3. The quantitative estimate of drug-likeness (QED) is 0.219. The zero-order valence-electron chi connectivity index (χ0n) is 10.2. The zero-order valence-corrected chi connectivity index (χ0v) is 10.2. The molecule has 0 aromatic rings. The third kappa shape index (κ3) is 5.65. The van der Waals surface area contributed by atoms with Gasteiger partial charge in [-0.25, -0.2) is 0 Å². The van der Waals surface area contributed by atoms with Crippen LogP contribution >= 0.6 is 0 Å². The molecule has 5 heteroatoms. The van der Waals surface area contributed by atoms with Crippen molar-refractivity contribution in [2.45, 2.75) is 20.3 Å². The third-order valence-electron chi connectivity index (χ3n) is 1.89. The Morgan fingerprint density at radius 2 is 1.94 bits per heavy atom. The number of hydrogen-bond donors (Lipinski definition) is 0. The van der Waals surface area contributed by atoms with Gasteiger partial charge in [-0.15, -0.1) is 6.58 Å². The number of likely N-dealkylation sites (N-methyl/N-ethyl adjacent to an activating group) is 1. The van der Waals surface area contributed by atoms with Crippen molar-refractivity contribution in [1.29, 1.82) is 0 Å². The van der Waals surface area contributed by atoms with Crippen LogP contribution < -0.4 is 0 Å². The summed E-state index contributed by atoms with van der Waals surface area (Å²) in [4.78, 5) is 34.9. The van der Waals surface area contributed by atoms with Crippen molar-refractivity contribution >= 4 is 17.7 Å². The second kappa shape index (κ2) is 7.38. The molecule has 94 valence electrons. The van der Waals surface area contributed by atoms with E-state index < -0.39 is 11.9 Å². The van der Waals surface area contributed by atoms with Crippen molar-refractivity contribution in [1.82, 2.24) is 4.90 Å². The highest BCUT2D eigenvalue weighted by atomic mass is 16.5. The first-order chi connectivity index (χ1) is 7.92. The summed E-state index contributed by atoms with van der Waals surface area (Å²) in [5.74, 6) is -1.86. The number of Topliss-reactive ketones (excluding diaryl/α,β-unsaturated/α-hetero) is 1. The first-order valence-electron chi connectivity index (χ1n) is 5.21. The molecule has 0 saturated heterocycles. The maximum atomic E-state index is 11.7. The van der Waals surface area contributed by atoms with E-state index in [0.29, 0.717) is 13.1 Å². The smallest absolute Gasteiger partial charge is 0.318 e. The Labute approximate surface area is 101 Å². The van der Waals surface area contributed by atoms with E-state index in [1.54, 1.807) is 13.0 Å². The van der Waals surface area contributed by atoms with E-state index in [0.717, 1.165) is 0 Å². The van der Waals surface area contributed by atoms with E-state index in [9.17, 15) is 14.4 Å². The lowest BCUT2D eigenvalue weighted by Crippen LogP contribution is -2.33. The first kappa shape index (κ1) is 15.1. The topological polar surface area (TPSA) is 63.7 Å². The average Bonchev–Trinajstić information content (AvgIpc) is 2.23. The molecular formula is C12H17NO4. The Hall–Kier alpha value is -1.91. The van der Waals surface area contributed by atoms with Crippen molar-refractivity contribution in [3.63, 3.8) is 0 Å². The molecule has 0 saturated carbocycles. The number of ketones is 1. The molecule has 0 rings (SSSR count). The summed E-state index contributed by atoms with van der Waals surface area (Å²) in [6.07, 6.45) is 1.20. The number of carbonyl (C=O) groups excluding carboxylic acids is 3. The summed E-state index contributed by atoms with van der Waals surface area (Å²) in [6, 6.07) is 0. The van der Waals surface area contributed by atoms with Crippen molar-refractivity contribution in [3.8, 4) is 0 Å². The van der Waals surface area contributed by atoms with E-state index in [2.05, 4.69) is 17.9 Å². The van der Waals surface area contributed by atoms with Crippen LogP contribution in [-0.4, -0.2) is 35.6 Å². The van der Waals surface area contributed by atoms with Crippen molar-refractivity contribution in [2.24, 2.45) is 0 Å². The van der Waals surface area contributed by atoms with Gasteiger partial charge in [0.25, 0.3) is 5.91 Å². The predicted octanol–water partition coefficient (Wildman–Crippen LogP) is 1.06. The van der Waals surface area contributed by atoms with Crippen LogP contribution in [-0.2, 0) is 19.1 Å². The van der Waals surface area contributed by atoms with Gasteiger partial charge in [-0.3, -0.25) is 14.4 Å². The van der Waals surface area contributed by atoms with Crippen molar-refractivity contribution < 1.29 is 19.1 Å². The molecule has 0 aliphatic heterocycles. The highest BCUT2D eigenvalue weighted by Crippen LogP contribution is 2.04. The molecule has 0 bridgehead atoms. The summed E-state index contributed by atoms with van der Waals surface area (Å²) >= 11 is 0. The Morgan fingerprint density at radius 3 is 2.35 bits per heavy atom. The Balaban J connectivity index is 4.39. The number of ether oxygens (including phenoxy) is 1. The highest BCUT2D eigenvalue weighted by molar-refractivity contribution is 5.98. The van der Waals surface area contributed by atoms with Gasteiger partial charge in [0.15, 0.2) is 5.76 Å². The van der Waals surface area contributed by atoms with Crippen LogP contribution in [0.2, 0.25) is 0 Å². The molecule has 0 aromatic carbocycles. The lowest BCUT2D eigenvalue weighted by molar-refractivity contribution is -0.147. The molecule has 5 nitrogen and oxygen atoms in total. The van der Waals surface area contributed by atoms with Gasteiger partial charge in [0, 0.05) is 13.1 Å². The van der Waals surface area contributed by atoms with Crippen LogP contribution in [0.1, 0.15) is 20.3 Å². The molecular weight excluding hydrogens is 222 g/mol. The van der Waals surface area contributed by atoms with Gasteiger partial charge in [-0.1, -0.05) is 12.7 Å². The Kier molecular flexibility index (Phi) is 6.55. The summed E-state index contributed by atoms with van der Waals surface area (Å²) in [6.45, 7) is 10.7. The molecule has 0 aliphatic rings. The fourth-order valence-electron chi connectivity index (χ4n) is 1.11. The average molecular weight is 239 g/mol. The SMILES string of the molecule is C=CCN(CC)C(=O)C(=C)OC(=O)CC(C)=O.